The molecule has 0 spiro atoms. The van der Waals surface area contributed by atoms with Gasteiger partial charge in [-0.05, 0) is 24.6 Å². The number of phenolic OH excluding ortho intramolecular Hbond substituents is 1. The van der Waals surface area contributed by atoms with Crippen LogP contribution >= 0.6 is 0 Å². The maximum Gasteiger partial charge on any atom is 0.117 e. The molecule has 3 nitrogen and oxygen atoms in total. The van der Waals surface area contributed by atoms with Crippen molar-refractivity contribution < 1.29 is 5.11 Å². The lowest BCUT2D eigenvalue weighted by molar-refractivity contribution is 0.396. The zero-order chi connectivity index (χ0) is 10.0. The Morgan fingerprint density at radius 3 is 2.15 bits per heavy atom. The van der Waals surface area contributed by atoms with Crippen LogP contribution in [0, 0.1) is 6.92 Å². The molecule has 72 valence electrons. The number of nitrogens with zero attached hydrogens (tertiary/aromatic N) is 2. The van der Waals surface area contributed by atoms with Crippen molar-refractivity contribution in [1.29, 1.82) is 0 Å². The topological polar surface area (TPSA) is 26.7 Å². The minimum Gasteiger partial charge on any atom is -0.508 e. The van der Waals surface area contributed by atoms with Gasteiger partial charge >= 0.3 is 0 Å². The quantitative estimate of drug-likeness (QED) is 0.700. The van der Waals surface area contributed by atoms with E-state index in [4.69, 9.17) is 0 Å². The summed E-state index contributed by atoms with van der Waals surface area (Å²) in [5.41, 5.74) is 2.05. The lowest BCUT2D eigenvalue weighted by atomic mass is 10.2. The Bertz CT molecular complexity index is 277. The molecule has 0 aliphatic heterocycles. The van der Waals surface area contributed by atoms with Crippen molar-refractivity contribution in [2.45, 2.75) is 6.92 Å². The Morgan fingerprint density at radius 2 is 1.69 bits per heavy atom. The molecule has 1 aromatic rings. The van der Waals surface area contributed by atoms with Crippen LogP contribution in [-0.4, -0.2) is 31.3 Å². The van der Waals surface area contributed by atoms with Crippen LogP contribution < -0.4 is 5.01 Å². The predicted octanol–water partition coefficient (Wildman–Crippen LogP) is 1.61. The Balaban J connectivity index is 3.01. The van der Waals surface area contributed by atoms with Crippen molar-refractivity contribution in [2.75, 3.05) is 26.2 Å². The fraction of sp³-hybridized carbons (Fsp3) is 0.400. The predicted molar refractivity (Wildman–Crippen MR) is 54.9 cm³/mol. The minimum absolute atomic E-state index is 0.309. The molecule has 0 bridgehead atoms. The third-order valence-corrected chi connectivity index (χ3v) is 2.02. The standard InChI is InChI=1S/C10H16N2O/c1-8-5-9(7-10(13)6-8)12(4)11(2)3/h5-7,13H,1-4H3. The van der Waals surface area contributed by atoms with E-state index < -0.39 is 0 Å². The van der Waals surface area contributed by atoms with Crippen LogP contribution in [0.1, 0.15) is 5.56 Å². The highest BCUT2D eigenvalue weighted by atomic mass is 16.3. The summed E-state index contributed by atoms with van der Waals surface area (Å²) >= 11 is 0. The number of phenols is 1. The van der Waals surface area contributed by atoms with Gasteiger partial charge in [0.1, 0.15) is 5.75 Å². The summed E-state index contributed by atoms with van der Waals surface area (Å²) in [4.78, 5) is 0. The number of aryl methyl sites for hydroxylation is 1. The second-order valence-electron chi connectivity index (χ2n) is 3.40. The highest BCUT2D eigenvalue weighted by molar-refractivity contribution is 5.51. The van der Waals surface area contributed by atoms with Gasteiger partial charge in [-0.15, -0.1) is 0 Å². The van der Waals surface area contributed by atoms with Gasteiger partial charge < -0.3 is 10.1 Å². The molecule has 0 aliphatic rings. The smallest absolute Gasteiger partial charge is 0.117 e. The van der Waals surface area contributed by atoms with Crippen LogP contribution in [0.15, 0.2) is 18.2 Å². The number of aromatic hydroxyl groups is 1. The number of hydrazine groups is 1. The summed E-state index contributed by atoms with van der Waals surface area (Å²) in [7, 11) is 5.87. The van der Waals surface area contributed by atoms with E-state index in [0.29, 0.717) is 5.75 Å². The van der Waals surface area contributed by atoms with Gasteiger partial charge in [0.05, 0.1) is 5.69 Å². The molecule has 1 aromatic carbocycles. The van der Waals surface area contributed by atoms with Gasteiger partial charge in [0.2, 0.25) is 0 Å². The van der Waals surface area contributed by atoms with Crippen molar-refractivity contribution in [2.24, 2.45) is 0 Å². The van der Waals surface area contributed by atoms with Crippen LogP contribution in [-0.2, 0) is 0 Å². The lowest BCUT2D eigenvalue weighted by Gasteiger charge is -2.26. The van der Waals surface area contributed by atoms with Gasteiger partial charge in [-0.2, -0.15) is 0 Å². The first kappa shape index (κ1) is 9.86. The fourth-order valence-electron chi connectivity index (χ4n) is 1.16. The summed E-state index contributed by atoms with van der Waals surface area (Å²) in [6.45, 7) is 1.96. The molecule has 1 rings (SSSR count). The molecule has 3 heteroatoms. The number of hydrogen-bond acceptors (Lipinski definition) is 3. The van der Waals surface area contributed by atoms with E-state index >= 15 is 0 Å². The highest BCUT2D eigenvalue weighted by Gasteiger charge is 2.04. The first-order valence-electron chi connectivity index (χ1n) is 4.22. The molecule has 1 N–H and O–H groups in total. The van der Waals surface area contributed by atoms with Gasteiger partial charge in [-0.1, -0.05) is 0 Å². The number of hydrogen-bond donors (Lipinski definition) is 1. The first-order chi connectivity index (χ1) is 6.00. The van der Waals surface area contributed by atoms with E-state index in [-0.39, 0.29) is 0 Å². The van der Waals surface area contributed by atoms with Crippen LogP contribution in [0.5, 0.6) is 5.75 Å². The van der Waals surface area contributed by atoms with Gasteiger partial charge in [0.15, 0.2) is 0 Å². The van der Waals surface area contributed by atoms with E-state index in [1.54, 1.807) is 12.1 Å². The second kappa shape index (κ2) is 3.66. The highest BCUT2D eigenvalue weighted by Crippen LogP contribution is 2.22. The molecule has 0 atom stereocenters. The molecule has 13 heavy (non-hydrogen) atoms. The molecule has 0 heterocycles. The van der Waals surface area contributed by atoms with Gasteiger partial charge in [0.25, 0.3) is 0 Å². The average molecular weight is 180 g/mol. The minimum atomic E-state index is 0.309. The van der Waals surface area contributed by atoms with Crippen molar-refractivity contribution in [1.82, 2.24) is 5.01 Å². The third-order valence-electron chi connectivity index (χ3n) is 2.02. The monoisotopic (exact) mass is 180 g/mol. The van der Waals surface area contributed by atoms with Crippen LogP contribution in [0.25, 0.3) is 0 Å². The summed E-state index contributed by atoms with van der Waals surface area (Å²) in [6.07, 6.45) is 0. The van der Waals surface area contributed by atoms with Gasteiger partial charge in [-0.3, -0.25) is 0 Å². The zero-order valence-corrected chi connectivity index (χ0v) is 8.57. The van der Waals surface area contributed by atoms with Crippen LogP contribution in [0.3, 0.4) is 0 Å². The SMILES string of the molecule is Cc1cc(O)cc(N(C)N(C)C)c1. The molecule has 0 aliphatic carbocycles. The molecule has 0 fully saturated rings. The summed E-state index contributed by atoms with van der Waals surface area (Å²) in [6, 6.07) is 5.51. The lowest BCUT2D eigenvalue weighted by Crippen LogP contribution is -2.32. The van der Waals surface area contributed by atoms with Crippen molar-refractivity contribution in [3.05, 3.63) is 23.8 Å². The average Bonchev–Trinajstić information content (AvgIpc) is 2.01. The molecular weight excluding hydrogens is 164 g/mol. The molecule has 0 unspecified atom stereocenters. The van der Waals surface area contributed by atoms with E-state index in [9.17, 15) is 5.11 Å². The number of rotatable bonds is 2. The molecule has 0 amide bonds. The van der Waals surface area contributed by atoms with Gasteiger partial charge in [0, 0.05) is 27.2 Å². The maximum absolute atomic E-state index is 9.38. The van der Waals surface area contributed by atoms with Gasteiger partial charge in [-0.25, -0.2) is 5.01 Å². The maximum atomic E-state index is 9.38. The Morgan fingerprint density at radius 1 is 1.08 bits per heavy atom. The number of benzene rings is 1. The zero-order valence-electron chi connectivity index (χ0n) is 8.57. The van der Waals surface area contributed by atoms with E-state index in [2.05, 4.69) is 0 Å². The number of anilines is 1. The molecule has 0 aromatic heterocycles. The Labute approximate surface area is 79.2 Å². The molecule has 0 radical (unpaired) electrons. The normalized spacial score (nSPS) is 10.5. The summed E-state index contributed by atoms with van der Waals surface area (Å²) in [5.74, 6) is 0.309. The van der Waals surface area contributed by atoms with Crippen molar-refractivity contribution in [3.63, 3.8) is 0 Å². The molecule has 0 saturated carbocycles. The summed E-state index contributed by atoms with van der Waals surface area (Å²) < 4.78 is 0. The Hall–Kier alpha value is -1.22. The second-order valence-corrected chi connectivity index (χ2v) is 3.40. The van der Waals surface area contributed by atoms with Crippen molar-refractivity contribution in [3.8, 4) is 5.75 Å². The fourth-order valence-corrected chi connectivity index (χ4v) is 1.16. The van der Waals surface area contributed by atoms with E-state index in [1.165, 1.54) is 0 Å². The van der Waals surface area contributed by atoms with E-state index in [0.717, 1.165) is 11.3 Å². The van der Waals surface area contributed by atoms with Crippen LogP contribution in [0.4, 0.5) is 5.69 Å². The largest absolute Gasteiger partial charge is 0.508 e. The summed E-state index contributed by atoms with van der Waals surface area (Å²) in [5, 5.41) is 13.3. The molecule has 0 saturated heterocycles. The first-order valence-corrected chi connectivity index (χ1v) is 4.22. The van der Waals surface area contributed by atoms with Crippen molar-refractivity contribution >= 4 is 5.69 Å². The molecular formula is C10H16N2O. The third kappa shape index (κ3) is 2.36. The van der Waals surface area contributed by atoms with E-state index in [1.807, 2.05) is 44.2 Å². The Kier molecular flexibility index (Phi) is 2.78. The van der Waals surface area contributed by atoms with Crippen LogP contribution in [0.2, 0.25) is 0 Å².